The van der Waals surface area contributed by atoms with Crippen LogP contribution in [0.25, 0.3) is 11.1 Å². The molecule has 0 spiro atoms. The Morgan fingerprint density at radius 2 is 1.56 bits per heavy atom. The molecule has 1 amide bonds. The summed E-state index contributed by atoms with van der Waals surface area (Å²) in [5, 5.41) is 2.78. The summed E-state index contributed by atoms with van der Waals surface area (Å²) in [5.41, 5.74) is 7.48. The number of hydrogen-bond acceptors (Lipinski definition) is 2. The van der Waals surface area contributed by atoms with Crippen molar-refractivity contribution in [1.29, 1.82) is 0 Å². The zero-order chi connectivity index (χ0) is 18.4. The van der Waals surface area contributed by atoms with Gasteiger partial charge in [0, 0.05) is 6.54 Å². The van der Waals surface area contributed by atoms with Gasteiger partial charge in [-0.1, -0.05) is 49.7 Å². The zero-order valence-electron chi connectivity index (χ0n) is 13.9. The fourth-order valence-electron chi connectivity index (χ4n) is 2.43. The van der Waals surface area contributed by atoms with E-state index in [4.69, 9.17) is 5.73 Å². The highest BCUT2D eigenvalue weighted by atomic mass is 19.4. The second-order valence-electron chi connectivity index (χ2n) is 5.89. The third-order valence-electron chi connectivity index (χ3n) is 3.90. The molecular weight excluding hydrogens is 329 g/mol. The number of carbonyl (C=O) groups is 1. The van der Waals surface area contributed by atoms with Crippen molar-refractivity contribution in [2.45, 2.75) is 38.5 Å². The van der Waals surface area contributed by atoms with Crippen molar-refractivity contribution in [3.05, 3.63) is 59.7 Å². The molecule has 0 aromatic heterocycles. The first kappa shape index (κ1) is 19.0. The van der Waals surface area contributed by atoms with Gasteiger partial charge in [0.2, 0.25) is 5.91 Å². The molecule has 0 aliphatic rings. The Bertz CT molecular complexity index is 694. The maximum atomic E-state index is 12.6. The average Bonchev–Trinajstić information content (AvgIpc) is 2.59. The second-order valence-corrected chi connectivity index (χ2v) is 5.89. The lowest BCUT2D eigenvalue weighted by Crippen LogP contribution is -2.40. The highest BCUT2D eigenvalue weighted by Crippen LogP contribution is 2.31. The zero-order valence-corrected chi connectivity index (χ0v) is 13.9. The molecule has 1 unspecified atom stereocenters. The lowest BCUT2D eigenvalue weighted by molar-refractivity contribution is -0.137. The van der Waals surface area contributed by atoms with Gasteiger partial charge in [0.05, 0.1) is 11.6 Å². The van der Waals surface area contributed by atoms with Crippen LogP contribution in [0.4, 0.5) is 13.2 Å². The van der Waals surface area contributed by atoms with Crippen LogP contribution in [0.3, 0.4) is 0 Å². The van der Waals surface area contributed by atoms with Crippen molar-refractivity contribution in [3.63, 3.8) is 0 Å². The van der Waals surface area contributed by atoms with E-state index < -0.39 is 17.8 Å². The summed E-state index contributed by atoms with van der Waals surface area (Å²) < 4.78 is 37.8. The summed E-state index contributed by atoms with van der Waals surface area (Å²) in [4.78, 5) is 11.8. The molecule has 0 fully saturated rings. The summed E-state index contributed by atoms with van der Waals surface area (Å²) in [7, 11) is 0. The minimum Gasteiger partial charge on any atom is -0.351 e. The van der Waals surface area contributed by atoms with Crippen molar-refractivity contribution in [1.82, 2.24) is 5.32 Å². The van der Waals surface area contributed by atoms with Crippen LogP contribution in [0.15, 0.2) is 48.5 Å². The predicted octanol–water partition coefficient (Wildman–Crippen LogP) is 4.12. The average molecular weight is 350 g/mol. The maximum Gasteiger partial charge on any atom is 0.416 e. The van der Waals surface area contributed by atoms with Gasteiger partial charge < -0.3 is 11.1 Å². The molecule has 2 aromatic rings. The predicted molar refractivity (Wildman–Crippen MR) is 91.6 cm³/mol. The summed E-state index contributed by atoms with van der Waals surface area (Å²) in [6.45, 7) is 2.33. The highest BCUT2D eigenvalue weighted by Gasteiger charge is 2.29. The van der Waals surface area contributed by atoms with Crippen LogP contribution < -0.4 is 11.1 Å². The fraction of sp³-hybridized carbons (Fsp3) is 0.316. The molecule has 1 atom stereocenters. The van der Waals surface area contributed by atoms with E-state index in [-0.39, 0.29) is 5.91 Å². The molecule has 0 saturated carbocycles. The first-order valence-electron chi connectivity index (χ1n) is 8.11. The molecule has 0 heterocycles. The van der Waals surface area contributed by atoms with Crippen molar-refractivity contribution in [3.8, 4) is 11.1 Å². The molecule has 0 aliphatic heterocycles. The fourth-order valence-corrected chi connectivity index (χ4v) is 2.43. The molecular formula is C19H21F3N2O. The van der Waals surface area contributed by atoms with E-state index in [0.717, 1.165) is 29.7 Å². The molecule has 0 saturated heterocycles. The minimum atomic E-state index is -4.33. The van der Waals surface area contributed by atoms with Crippen LogP contribution in [0.2, 0.25) is 0 Å². The van der Waals surface area contributed by atoms with E-state index in [1.807, 2.05) is 31.2 Å². The Hall–Kier alpha value is -2.34. The number of halogens is 3. The summed E-state index contributed by atoms with van der Waals surface area (Å²) >= 11 is 0. The van der Waals surface area contributed by atoms with Gasteiger partial charge in [0.1, 0.15) is 0 Å². The van der Waals surface area contributed by atoms with E-state index >= 15 is 0 Å². The molecule has 0 aliphatic carbocycles. The van der Waals surface area contributed by atoms with Crippen LogP contribution >= 0.6 is 0 Å². The van der Waals surface area contributed by atoms with Gasteiger partial charge in [-0.05, 0) is 35.2 Å². The van der Waals surface area contributed by atoms with Crippen molar-refractivity contribution < 1.29 is 18.0 Å². The monoisotopic (exact) mass is 350 g/mol. The summed E-state index contributed by atoms with van der Waals surface area (Å²) in [6.07, 6.45) is -2.85. The van der Waals surface area contributed by atoms with E-state index in [9.17, 15) is 18.0 Å². The van der Waals surface area contributed by atoms with Gasteiger partial charge in [0.25, 0.3) is 0 Å². The lowest BCUT2D eigenvalue weighted by atomic mass is 10.0. The Morgan fingerprint density at radius 3 is 2.04 bits per heavy atom. The Balaban J connectivity index is 1.99. The number of hydrogen-bond donors (Lipinski definition) is 2. The van der Waals surface area contributed by atoms with Crippen molar-refractivity contribution >= 4 is 5.91 Å². The number of nitrogens with one attached hydrogen (secondary N) is 1. The summed E-state index contributed by atoms with van der Waals surface area (Å²) in [6, 6.07) is 11.8. The number of nitrogens with two attached hydrogens (primary N) is 1. The number of amides is 1. The van der Waals surface area contributed by atoms with Crippen LogP contribution in [-0.4, -0.2) is 11.9 Å². The molecule has 3 N–H and O–H groups in total. The molecule has 134 valence electrons. The Kier molecular flexibility index (Phi) is 6.20. The summed E-state index contributed by atoms with van der Waals surface area (Å²) in [5.74, 6) is -0.186. The molecule has 0 radical (unpaired) electrons. The molecule has 2 aromatic carbocycles. The molecule has 2 rings (SSSR count). The third-order valence-corrected chi connectivity index (χ3v) is 3.90. The first-order chi connectivity index (χ1) is 11.8. The van der Waals surface area contributed by atoms with E-state index in [2.05, 4.69) is 5.32 Å². The normalized spacial score (nSPS) is 12.7. The SMILES string of the molecule is CCCC(N)C(=O)NCc1ccc(-c2ccc(C(F)(F)F)cc2)cc1. The van der Waals surface area contributed by atoms with Crippen LogP contribution in [-0.2, 0) is 17.5 Å². The number of alkyl halides is 3. The van der Waals surface area contributed by atoms with Gasteiger partial charge in [-0.15, -0.1) is 0 Å². The molecule has 0 bridgehead atoms. The minimum absolute atomic E-state index is 0.186. The Labute approximate surface area is 145 Å². The van der Waals surface area contributed by atoms with Crippen molar-refractivity contribution in [2.75, 3.05) is 0 Å². The topological polar surface area (TPSA) is 55.1 Å². The quantitative estimate of drug-likeness (QED) is 0.823. The molecule has 25 heavy (non-hydrogen) atoms. The van der Waals surface area contributed by atoms with Gasteiger partial charge in [-0.3, -0.25) is 4.79 Å². The van der Waals surface area contributed by atoms with Crippen LogP contribution in [0.1, 0.15) is 30.9 Å². The number of carbonyl (C=O) groups excluding carboxylic acids is 1. The van der Waals surface area contributed by atoms with E-state index in [1.54, 1.807) is 0 Å². The highest BCUT2D eigenvalue weighted by molar-refractivity contribution is 5.81. The largest absolute Gasteiger partial charge is 0.416 e. The van der Waals surface area contributed by atoms with Gasteiger partial charge >= 0.3 is 6.18 Å². The van der Waals surface area contributed by atoms with Gasteiger partial charge in [-0.25, -0.2) is 0 Å². The van der Waals surface area contributed by atoms with Crippen LogP contribution in [0, 0.1) is 0 Å². The first-order valence-corrected chi connectivity index (χ1v) is 8.11. The molecule has 6 heteroatoms. The maximum absolute atomic E-state index is 12.6. The number of rotatable bonds is 6. The standard InChI is InChI=1S/C19H21F3N2O/c1-2-3-17(23)18(25)24-12-13-4-6-14(7-5-13)15-8-10-16(11-9-15)19(20,21)22/h4-11,17H,2-3,12,23H2,1H3,(H,24,25). The van der Waals surface area contributed by atoms with E-state index in [0.29, 0.717) is 18.5 Å². The third kappa shape index (κ3) is 5.32. The Morgan fingerprint density at radius 1 is 1.04 bits per heavy atom. The lowest BCUT2D eigenvalue weighted by Gasteiger charge is -2.12. The van der Waals surface area contributed by atoms with Gasteiger partial charge in [0.15, 0.2) is 0 Å². The second kappa shape index (κ2) is 8.16. The smallest absolute Gasteiger partial charge is 0.351 e. The van der Waals surface area contributed by atoms with Crippen molar-refractivity contribution in [2.24, 2.45) is 5.73 Å². The van der Waals surface area contributed by atoms with Crippen LogP contribution in [0.5, 0.6) is 0 Å². The van der Waals surface area contributed by atoms with Gasteiger partial charge in [-0.2, -0.15) is 13.2 Å². The molecule has 3 nitrogen and oxygen atoms in total. The number of benzene rings is 2. The van der Waals surface area contributed by atoms with E-state index in [1.165, 1.54) is 12.1 Å².